The molecule has 4 aromatic rings. The Morgan fingerprint density at radius 1 is 1.11 bits per heavy atom. The van der Waals surface area contributed by atoms with Crippen molar-refractivity contribution in [2.24, 2.45) is 0 Å². The number of benzene rings is 2. The molecule has 1 aliphatic rings. The first-order valence-corrected chi connectivity index (χ1v) is 12.9. The lowest BCUT2D eigenvalue weighted by Crippen LogP contribution is -2.24. The lowest BCUT2D eigenvalue weighted by Gasteiger charge is -2.21. The maximum Gasteiger partial charge on any atom is 0.268 e. The molecule has 0 spiro atoms. The lowest BCUT2D eigenvalue weighted by molar-refractivity contribution is 0.0992. The summed E-state index contributed by atoms with van der Waals surface area (Å²) in [6.07, 6.45) is 3.27. The minimum absolute atomic E-state index is 0. The van der Waals surface area contributed by atoms with E-state index in [2.05, 4.69) is 20.5 Å². The minimum Gasteiger partial charge on any atom is -0.414 e. The van der Waals surface area contributed by atoms with Crippen molar-refractivity contribution in [3.8, 4) is 34.3 Å². The normalized spacial score (nSPS) is 14.8. The van der Waals surface area contributed by atoms with Gasteiger partial charge in [-0.3, -0.25) is 9.19 Å². The molecule has 1 fully saturated rings. The van der Waals surface area contributed by atoms with Gasteiger partial charge in [0.25, 0.3) is 11.8 Å². The van der Waals surface area contributed by atoms with Crippen LogP contribution in [-0.4, -0.2) is 55.4 Å². The maximum absolute atomic E-state index is 14.6. The van der Waals surface area contributed by atoms with Crippen LogP contribution in [0.4, 0.5) is 4.39 Å². The van der Waals surface area contributed by atoms with Crippen molar-refractivity contribution in [1.29, 1.82) is 0 Å². The van der Waals surface area contributed by atoms with Crippen LogP contribution in [0.25, 0.3) is 34.3 Å². The molecular weight excluding hydrogens is 497 g/mol. The van der Waals surface area contributed by atoms with Crippen LogP contribution >= 0.6 is 0 Å². The molecule has 0 bridgehead atoms. The molecule has 1 aliphatic heterocycles. The zero-order valence-electron chi connectivity index (χ0n) is 20.5. The van der Waals surface area contributed by atoms with Gasteiger partial charge in [0.2, 0.25) is 0 Å². The average Bonchev–Trinajstić information content (AvgIpc) is 3.39. The SMILES string of the molecule is CNCc1ccc(-c2nnc(-c3nc(-c4ccc(S(=O)C5CCOCC5)cc4)cnc3C)o2)c(F)c1.O.[HH]. The zero-order chi connectivity index (χ0) is 25.1. The Labute approximate surface area is 217 Å². The fourth-order valence-corrected chi connectivity index (χ4v) is 5.52. The molecule has 3 heterocycles. The predicted molar refractivity (Wildman–Crippen MR) is 140 cm³/mol. The highest BCUT2D eigenvalue weighted by molar-refractivity contribution is 7.85. The highest BCUT2D eigenvalue weighted by atomic mass is 32.2. The van der Waals surface area contributed by atoms with Crippen molar-refractivity contribution in [1.82, 2.24) is 25.5 Å². The van der Waals surface area contributed by atoms with Crippen molar-refractivity contribution in [2.45, 2.75) is 36.5 Å². The van der Waals surface area contributed by atoms with Crippen LogP contribution in [0.5, 0.6) is 0 Å². The van der Waals surface area contributed by atoms with Gasteiger partial charge in [-0.1, -0.05) is 18.2 Å². The Balaban J connectivity index is 0.00000200. The first kappa shape index (κ1) is 26.7. The van der Waals surface area contributed by atoms with Crippen LogP contribution < -0.4 is 5.32 Å². The first-order chi connectivity index (χ1) is 17.5. The third-order valence-corrected chi connectivity index (χ3v) is 7.89. The monoisotopic (exact) mass is 527 g/mol. The van der Waals surface area contributed by atoms with Gasteiger partial charge in [-0.2, -0.15) is 0 Å². The summed E-state index contributed by atoms with van der Waals surface area (Å²) in [4.78, 5) is 9.93. The van der Waals surface area contributed by atoms with Gasteiger partial charge in [0.05, 0.1) is 33.9 Å². The predicted octanol–water partition coefficient (Wildman–Crippen LogP) is 3.74. The van der Waals surface area contributed by atoms with Crippen LogP contribution in [0, 0.1) is 12.7 Å². The van der Waals surface area contributed by atoms with Gasteiger partial charge in [-0.25, -0.2) is 9.37 Å². The van der Waals surface area contributed by atoms with Gasteiger partial charge in [0.1, 0.15) is 11.5 Å². The summed E-state index contributed by atoms with van der Waals surface area (Å²) in [7, 11) is 0.726. The van der Waals surface area contributed by atoms with Gasteiger partial charge in [0, 0.05) is 36.9 Å². The van der Waals surface area contributed by atoms with Crippen LogP contribution in [0.2, 0.25) is 0 Å². The van der Waals surface area contributed by atoms with Crippen molar-refractivity contribution in [3.63, 3.8) is 0 Å². The summed E-state index contributed by atoms with van der Waals surface area (Å²) in [5.41, 5.74) is 3.51. The largest absolute Gasteiger partial charge is 0.414 e. The van der Waals surface area contributed by atoms with E-state index in [9.17, 15) is 8.60 Å². The molecule has 11 heteroatoms. The number of nitrogens with one attached hydrogen (secondary N) is 1. The van der Waals surface area contributed by atoms with Gasteiger partial charge < -0.3 is 19.9 Å². The Bertz CT molecular complexity index is 1400. The molecule has 2 aromatic heterocycles. The van der Waals surface area contributed by atoms with E-state index in [-0.39, 0.29) is 29.5 Å². The molecule has 1 saturated heterocycles. The second kappa shape index (κ2) is 11.8. The standard InChI is InChI=1S/C26H26FN5O3S.H2O.H2/c1-16-24(26-32-31-25(35-26)21-8-3-17(14-28-2)13-22(21)27)30-23(15-29-16)18-4-6-19(7-5-18)36(33)20-9-11-34-12-10-20;;/h3-8,13,15,20,28H,9-12,14H2,1-2H3;1H2;1H. The summed E-state index contributed by atoms with van der Waals surface area (Å²) >= 11 is 0. The minimum atomic E-state index is -1.08. The maximum atomic E-state index is 14.6. The quantitative estimate of drug-likeness (QED) is 0.384. The van der Waals surface area contributed by atoms with E-state index in [1.807, 2.05) is 30.3 Å². The molecule has 0 saturated carbocycles. The van der Waals surface area contributed by atoms with Gasteiger partial charge in [0.15, 0.2) is 0 Å². The van der Waals surface area contributed by atoms with E-state index in [0.29, 0.717) is 36.8 Å². The zero-order valence-corrected chi connectivity index (χ0v) is 21.3. The van der Waals surface area contributed by atoms with E-state index < -0.39 is 16.6 Å². The van der Waals surface area contributed by atoms with Crippen molar-refractivity contribution in [2.75, 3.05) is 20.3 Å². The third kappa shape index (κ3) is 5.80. The van der Waals surface area contributed by atoms with E-state index in [4.69, 9.17) is 14.1 Å². The molecule has 0 aliphatic carbocycles. The number of halogens is 1. The fraction of sp³-hybridized carbons (Fsp3) is 0.308. The van der Waals surface area contributed by atoms with Gasteiger partial charge >= 0.3 is 0 Å². The molecule has 37 heavy (non-hydrogen) atoms. The fourth-order valence-electron chi connectivity index (χ4n) is 4.11. The smallest absolute Gasteiger partial charge is 0.268 e. The topological polar surface area (TPSA) is 135 Å². The Hall–Kier alpha value is -3.38. The number of hydrogen-bond donors (Lipinski definition) is 1. The molecule has 5 rings (SSSR count). The lowest BCUT2D eigenvalue weighted by atomic mass is 10.1. The number of nitrogens with zero attached hydrogens (tertiary/aromatic N) is 4. The van der Waals surface area contributed by atoms with E-state index >= 15 is 0 Å². The number of ether oxygens (including phenoxy) is 1. The molecule has 1 atom stereocenters. The molecule has 1 unspecified atom stereocenters. The number of aromatic nitrogens is 4. The highest BCUT2D eigenvalue weighted by Gasteiger charge is 2.22. The molecule has 196 valence electrons. The molecule has 9 nitrogen and oxygen atoms in total. The van der Waals surface area contributed by atoms with Crippen molar-refractivity contribution < 1.29 is 24.7 Å². The number of rotatable bonds is 7. The Morgan fingerprint density at radius 3 is 2.54 bits per heavy atom. The van der Waals surface area contributed by atoms with Crippen LogP contribution in [0.1, 0.15) is 25.5 Å². The second-order valence-corrected chi connectivity index (χ2v) is 10.3. The highest BCUT2D eigenvalue weighted by Crippen LogP contribution is 2.29. The molecule has 0 radical (unpaired) electrons. The summed E-state index contributed by atoms with van der Waals surface area (Å²) in [5, 5.41) is 11.2. The summed E-state index contributed by atoms with van der Waals surface area (Å²) in [6.45, 7) is 3.66. The summed E-state index contributed by atoms with van der Waals surface area (Å²) < 4.78 is 38.7. The second-order valence-electron chi connectivity index (χ2n) is 8.58. The van der Waals surface area contributed by atoms with Gasteiger partial charge in [-0.05, 0) is 56.6 Å². The van der Waals surface area contributed by atoms with E-state index in [1.165, 1.54) is 6.07 Å². The first-order valence-electron chi connectivity index (χ1n) is 11.7. The van der Waals surface area contributed by atoms with Crippen LogP contribution in [0.15, 0.2) is 58.0 Å². The van der Waals surface area contributed by atoms with Crippen LogP contribution in [0.3, 0.4) is 0 Å². The van der Waals surface area contributed by atoms with E-state index in [1.54, 1.807) is 26.2 Å². The van der Waals surface area contributed by atoms with Crippen molar-refractivity contribution >= 4 is 10.8 Å². The summed E-state index contributed by atoms with van der Waals surface area (Å²) in [6, 6.07) is 12.4. The summed E-state index contributed by atoms with van der Waals surface area (Å²) in [5.74, 6) is -0.203. The number of aryl methyl sites for hydroxylation is 1. The van der Waals surface area contributed by atoms with Gasteiger partial charge in [-0.15, -0.1) is 10.2 Å². The molecule has 3 N–H and O–H groups in total. The van der Waals surface area contributed by atoms with E-state index in [0.717, 1.165) is 28.9 Å². The third-order valence-electron chi connectivity index (χ3n) is 6.08. The van der Waals surface area contributed by atoms with Crippen LogP contribution in [-0.2, 0) is 22.1 Å². The molecule has 0 amide bonds. The van der Waals surface area contributed by atoms with Crippen molar-refractivity contribution in [3.05, 3.63) is 65.7 Å². The number of hydrogen-bond acceptors (Lipinski definition) is 8. The molecular formula is C26H30FN5O4S. The average molecular weight is 528 g/mol. The Morgan fingerprint density at radius 2 is 1.84 bits per heavy atom. The Kier molecular flexibility index (Phi) is 8.49. The molecule has 2 aromatic carbocycles.